The van der Waals surface area contributed by atoms with Crippen molar-refractivity contribution in [3.63, 3.8) is 0 Å². The fourth-order valence-corrected chi connectivity index (χ4v) is 2.58. The van der Waals surface area contributed by atoms with Crippen LogP contribution in [-0.4, -0.2) is 23.8 Å². The van der Waals surface area contributed by atoms with Gasteiger partial charge in [0.15, 0.2) is 0 Å². The van der Waals surface area contributed by atoms with Gasteiger partial charge < -0.3 is 9.84 Å². The molecule has 1 atom stereocenters. The molecule has 0 rings (SSSR count). The number of rotatable bonds is 17. The van der Waals surface area contributed by atoms with Gasteiger partial charge in [-0.2, -0.15) is 0 Å². The van der Waals surface area contributed by atoms with Crippen LogP contribution in [-0.2, 0) is 9.53 Å². The van der Waals surface area contributed by atoms with Crippen LogP contribution in [0.4, 0.5) is 0 Å². The second kappa shape index (κ2) is 18.3. The standard InChI is InChI=1S/C21H38O3/c1-3-5-6-13-16-20(22)17-14-11-9-7-8-10-12-15-18-21(23)24-19-4-2/h4,11,14,20,22H,2-3,5-10,12-13,15-19H2,1H3/b14-11-/t20-/m1/s1. The van der Waals surface area contributed by atoms with Gasteiger partial charge in [0.25, 0.3) is 0 Å². The van der Waals surface area contributed by atoms with E-state index in [1.165, 1.54) is 38.5 Å². The lowest BCUT2D eigenvalue weighted by Gasteiger charge is -2.07. The van der Waals surface area contributed by atoms with Crippen molar-refractivity contribution in [3.8, 4) is 0 Å². The fourth-order valence-electron chi connectivity index (χ4n) is 2.58. The second-order valence-electron chi connectivity index (χ2n) is 6.49. The maximum absolute atomic E-state index is 11.3. The lowest BCUT2D eigenvalue weighted by atomic mass is 10.1. The van der Waals surface area contributed by atoms with Crippen molar-refractivity contribution in [2.24, 2.45) is 0 Å². The van der Waals surface area contributed by atoms with Gasteiger partial charge in [-0.25, -0.2) is 0 Å². The van der Waals surface area contributed by atoms with Crippen LogP contribution >= 0.6 is 0 Å². The smallest absolute Gasteiger partial charge is 0.306 e. The Hall–Kier alpha value is -1.09. The van der Waals surface area contributed by atoms with Crippen LogP contribution in [0.5, 0.6) is 0 Å². The van der Waals surface area contributed by atoms with Gasteiger partial charge in [-0.15, -0.1) is 0 Å². The summed E-state index contributed by atoms with van der Waals surface area (Å²) in [5.41, 5.74) is 0. The van der Waals surface area contributed by atoms with Crippen molar-refractivity contribution in [2.75, 3.05) is 6.61 Å². The van der Waals surface area contributed by atoms with Gasteiger partial charge in [0, 0.05) is 6.42 Å². The molecule has 0 bridgehead atoms. The first-order chi connectivity index (χ1) is 11.7. The van der Waals surface area contributed by atoms with Crippen molar-refractivity contribution in [3.05, 3.63) is 24.8 Å². The van der Waals surface area contributed by atoms with E-state index >= 15 is 0 Å². The highest BCUT2D eigenvalue weighted by atomic mass is 16.5. The third-order valence-electron chi connectivity index (χ3n) is 4.08. The number of hydrogen-bond donors (Lipinski definition) is 1. The molecule has 0 fully saturated rings. The van der Waals surface area contributed by atoms with Gasteiger partial charge in [0.2, 0.25) is 0 Å². The molecule has 0 aliphatic carbocycles. The molecule has 0 radical (unpaired) electrons. The minimum absolute atomic E-state index is 0.119. The van der Waals surface area contributed by atoms with Crippen LogP contribution in [0.2, 0.25) is 0 Å². The first-order valence-corrected chi connectivity index (χ1v) is 9.80. The third kappa shape index (κ3) is 17.3. The van der Waals surface area contributed by atoms with Crippen LogP contribution in [0, 0.1) is 0 Å². The molecule has 3 nitrogen and oxygen atoms in total. The number of carbonyl (C=O) groups excluding carboxylic acids is 1. The van der Waals surface area contributed by atoms with Crippen molar-refractivity contribution < 1.29 is 14.6 Å². The van der Waals surface area contributed by atoms with E-state index in [1.54, 1.807) is 6.08 Å². The summed E-state index contributed by atoms with van der Waals surface area (Å²) in [6.07, 6.45) is 19.5. The van der Waals surface area contributed by atoms with E-state index in [1.807, 2.05) is 0 Å². The molecule has 1 N–H and O–H groups in total. The van der Waals surface area contributed by atoms with Crippen molar-refractivity contribution in [1.29, 1.82) is 0 Å². The average molecular weight is 339 g/mol. The Balaban J connectivity index is 3.31. The molecule has 24 heavy (non-hydrogen) atoms. The molecular formula is C21H38O3. The number of allylic oxidation sites excluding steroid dienone is 1. The van der Waals surface area contributed by atoms with E-state index in [0.29, 0.717) is 13.0 Å². The zero-order valence-corrected chi connectivity index (χ0v) is 15.7. The molecule has 0 aromatic carbocycles. The minimum atomic E-state index is -0.168. The van der Waals surface area contributed by atoms with E-state index < -0.39 is 0 Å². The van der Waals surface area contributed by atoms with Crippen molar-refractivity contribution in [1.82, 2.24) is 0 Å². The number of hydrogen-bond acceptors (Lipinski definition) is 3. The molecule has 3 heteroatoms. The Labute approximate surface area is 149 Å². The fraction of sp³-hybridized carbons (Fsp3) is 0.762. The first kappa shape index (κ1) is 22.9. The van der Waals surface area contributed by atoms with Gasteiger partial charge in [0.05, 0.1) is 6.10 Å². The molecule has 0 aromatic heterocycles. The molecule has 0 aliphatic heterocycles. The van der Waals surface area contributed by atoms with E-state index in [2.05, 4.69) is 25.7 Å². The summed E-state index contributed by atoms with van der Waals surface area (Å²) < 4.78 is 4.93. The molecule has 0 amide bonds. The van der Waals surface area contributed by atoms with Crippen LogP contribution in [0.15, 0.2) is 24.8 Å². The molecule has 0 saturated carbocycles. The summed E-state index contributed by atoms with van der Waals surface area (Å²) in [5, 5.41) is 9.85. The summed E-state index contributed by atoms with van der Waals surface area (Å²) in [5.74, 6) is -0.119. The van der Waals surface area contributed by atoms with Crippen LogP contribution in [0.1, 0.15) is 90.4 Å². The molecule has 140 valence electrons. The number of aliphatic hydroxyl groups is 1. The average Bonchev–Trinajstić information content (AvgIpc) is 2.58. The van der Waals surface area contributed by atoms with Gasteiger partial charge in [-0.3, -0.25) is 4.79 Å². The maximum atomic E-state index is 11.3. The van der Waals surface area contributed by atoms with Crippen LogP contribution < -0.4 is 0 Å². The molecule has 0 saturated heterocycles. The maximum Gasteiger partial charge on any atom is 0.306 e. The number of aliphatic hydroxyl groups excluding tert-OH is 1. The second-order valence-corrected chi connectivity index (χ2v) is 6.49. The zero-order chi connectivity index (χ0) is 17.9. The summed E-state index contributed by atoms with van der Waals surface area (Å²) in [7, 11) is 0. The normalized spacial score (nSPS) is 12.4. The Kier molecular flexibility index (Phi) is 17.4. The molecular weight excluding hydrogens is 300 g/mol. The lowest BCUT2D eigenvalue weighted by Crippen LogP contribution is -2.04. The van der Waals surface area contributed by atoms with Gasteiger partial charge in [0.1, 0.15) is 6.61 Å². The van der Waals surface area contributed by atoms with E-state index in [9.17, 15) is 9.90 Å². The predicted molar refractivity (Wildman–Crippen MR) is 102 cm³/mol. The summed E-state index contributed by atoms with van der Waals surface area (Å²) >= 11 is 0. The lowest BCUT2D eigenvalue weighted by molar-refractivity contribution is -0.142. The Morgan fingerprint density at radius 2 is 1.75 bits per heavy atom. The predicted octanol–water partition coefficient (Wildman–Crippen LogP) is 5.72. The zero-order valence-electron chi connectivity index (χ0n) is 15.7. The molecule has 0 unspecified atom stereocenters. The number of carbonyl (C=O) groups is 1. The third-order valence-corrected chi connectivity index (χ3v) is 4.08. The Morgan fingerprint density at radius 3 is 2.50 bits per heavy atom. The summed E-state index contributed by atoms with van der Waals surface area (Å²) in [6, 6.07) is 0. The van der Waals surface area contributed by atoms with Crippen molar-refractivity contribution >= 4 is 5.97 Å². The van der Waals surface area contributed by atoms with Gasteiger partial charge in [-0.1, -0.05) is 76.7 Å². The highest BCUT2D eigenvalue weighted by molar-refractivity contribution is 5.69. The van der Waals surface area contributed by atoms with Crippen LogP contribution in [0.25, 0.3) is 0 Å². The number of unbranched alkanes of at least 4 members (excludes halogenated alkanes) is 8. The minimum Gasteiger partial charge on any atom is -0.461 e. The largest absolute Gasteiger partial charge is 0.461 e. The van der Waals surface area contributed by atoms with Gasteiger partial charge >= 0.3 is 5.97 Å². The SMILES string of the molecule is C=CCOC(=O)CCCCCCC/C=C\C[C@H](O)CCCCCC. The molecule has 0 spiro atoms. The quantitative estimate of drug-likeness (QED) is 0.209. The Morgan fingerprint density at radius 1 is 1.04 bits per heavy atom. The van der Waals surface area contributed by atoms with Crippen molar-refractivity contribution in [2.45, 2.75) is 96.5 Å². The monoisotopic (exact) mass is 338 g/mol. The number of esters is 1. The summed E-state index contributed by atoms with van der Waals surface area (Å²) in [6.45, 7) is 6.04. The highest BCUT2D eigenvalue weighted by Gasteiger charge is 2.01. The van der Waals surface area contributed by atoms with E-state index in [4.69, 9.17) is 4.74 Å². The topological polar surface area (TPSA) is 46.5 Å². The number of ether oxygens (including phenoxy) is 1. The van der Waals surface area contributed by atoms with Gasteiger partial charge in [-0.05, 0) is 32.1 Å². The molecule has 0 heterocycles. The molecule has 0 aliphatic rings. The summed E-state index contributed by atoms with van der Waals surface area (Å²) in [4.78, 5) is 11.3. The Bertz CT molecular complexity index is 323. The van der Waals surface area contributed by atoms with Crippen LogP contribution in [0.3, 0.4) is 0 Å². The highest BCUT2D eigenvalue weighted by Crippen LogP contribution is 2.10. The van der Waals surface area contributed by atoms with E-state index in [-0.39, 0.29) is 12.1 Å². The molecule has 0 aromatic rings. The van der Waals surface area contributed by atoms with E-state index in [0.717, 1.165) is 38.5 Å². The first-order valence-electron chi connectivity index (χ1n) is 9.80.